The first kappa shape index (κ1) is 18.2. The SMILES string of the molecule is N[C@@H](Cc1c[nH]c2ccccc12)C(=O)N1CC(OC(=O)C(F)(F)F)CO1. The molecule has 0 saturated carbocycles. The summed E-state index contributed by atoms with van der Waals surface area (Å²) in [5, 5.41) is 1.77. The minimum absolute atomic E-state index is 0.218. The van der Waals surface area contributed by atoms with Crippen molar-refractivity contribution in [3.05, 3.63) is 36.0 Å². The number of hydrogen-bond acceptors (Lipinski definition) is 5. The van der Waals surface area contributed by atoms with E-state index in [1.54, 1.807) is 6.20 Å². The third-order valence-corrected chi connectivity index (χ3v) is 3.97. The first-order valence-corrected chi connectivity index (χ1v) is 7.78. The maximum Gasteiger partial charge on any atom is 0.490 e. The molecule has 1 aliphatic rings. The van der Waals surface area contributed by atoms with E-state index in [0.717, 1.165) is 21.5 Å². The topological polar surface area (TPSA) is 97.7 Å². The summed E-state index contributed by atoms with van der Waals surface area (Å²) in [5.74, 6) is -2.91. The summed E-state index contributed by atoms with van der Waals surface area (Å²) < 4.78 is 40.9. The molecule has 1 fully saturated rings. The smallest absolute Gasteiger partial charge is 0.451 e. The number of benzene rings is 1. The summed E-state index contributed by atoms with van der Waals surface area (Å²) >= 11 is 0. The lowest BCUT2D eigenvalue weighted by molar-refractivity contribution is -0.204. The molecule has 2 aromatic rings. The number of amides is 1. The Labute approximate surface area is 145 Å². The van der Waals surface area contributed by atoms with E-state index in [4.69, 9.17) is 10.6 Å². The molecular formula is C16H16F3N3O4. The van der Waals surface area contributed by atoms with Gasteiger partial charge in [-0.3, -0.25) is 9.63 Å². The monoisotopic (exact) mass is 371 g/mol. The van der Waals surface area contributed by atoms with Gasteiger partial charge in [0.25, 0.3) is 5.91 Å². The lowest BCUT2D eigenvalue weighted by atomic mass is 10.1. The Hall–Kier alpha value is -2.59. The molecule has 1 saturated heterocycles. The molecule has 7 nitrogen and oxygen atoms in total. The number of ether oxygens (including phenoxy) is 1. The Balaban J connectivity index is 1.58. The molecule has 1 unspecified atom stereocenters. The molecule has 1 aromatic heterocycles. The largest absolute Gasteiger partial charge is 0.490 e. The number of para-hydroxylation sites is 1. The Bertz CT molecular complexity index is 820. The zero-order chi connectivity index (χ0) is 18.9. The third kappa shape index (κ3) is 3.81. The summed E-state index contributed by atoms with van der Waals surface area (Å²) in [4.78, 5) is 31.3. The quantitative estimate of drug-likeness (QED) is 0.790. The average molecular weight is 371 g/mol. The zero-order valence-corrected chi connectivity index (χ0v) is 13.5. The van der Waals surface area contributed by atoms with Crippen LogP contribution < -0.4 is 5.73 Å². The van der Waals surface area contributed by atoms with Crippen molar-refractivity contribution in [3.8, 4) is 0 Å². The molecule has 1 amide bonds. The number of fused-ring (bicyclic) bond motifs is 1. The van der Waals surface area contributed by atoms with Crippen LogP contribution in [0.4, 0.5) is 13.2 Å². The van der Waals surface area contributed by atoms with E-state index in [0.29, 0.717) is 0 Å². The van der Waals surface area contributed by atoms with Crippen molar-refractivity contribution in [2.75, 3.05) is 13.2 Å². The molecule has 2 atom stereocenters. The molecule has 0 aliphatic carbocycles. The lowest BCUT2D eigenvalue weighted by Gasteiger charge is -2.19. The fraction of sp³-hybridized carbons (Fsp3) is 0.375. The summed E-state index contributed by atoms with van der Waals surface area (Å²) in [6.07, 6.45) is -4.32. The van der Waals surface area contributed by atoms with Gasteiger partial charge in [0.2, 0.25) is 0 Å². The van der Waals surface area contributed by atoms with E-state index in [2.05, 4.69) is 9.72 Å². The van der Waals surface area contributed by atoms with Crippen LogP contribution in [0.5, 0.6) is 0 Å². The first-order chi connectivity index (χ1) is 12.3. The predicted octanol–water partition coefficient (Wildman–Crippen LogP) is 1.29. The van der Waals surface area contributed by atoms with Gasteiger partial charge in [0, 0.05) is 17.1 Å². The Morgan fingerprint density at radius 1 is 1.38 bits per heavy atom. The second kappa shape index (κ2) is 6.96. The molecule has 0 radical (unpaired) electrons. The van der Waals surface area contributed by atoms with Crippen LogP contribution in [-0.4, -0.2) is 53.4 Å². The number of nitrogens with two attached hydrogens (primary N) is 1. The van der Waals surface area contributed by atoms with E-state index in [9.17, 15) is 22.8 Å². The van der Waals surface area contributed by atoms with Gasteiger partial charge in [0.15, 0.2) is 0 Å². The van der Waals surface area contributed by atoms with E-state index in [-0.39, 0.29) is 19.6 Å². The molecule has 26 heavy (non-hydrogen) atoms. The second-order valence-electron chi connectivity index (χ2n) is 5.89. The van der Waals surface area contributed by atoms with Crippen LogP contribution in [0.25, 0.3) is 10.9 Å². The van der Waals surface area contributed by atoms with Crippen LogP contribution in [0, 0.1) is 0 Å². The highest BCUT2D eigenvalue weighted by atomic mass is 19.4. The number of hydrogen-bond donors (Lipinski definition) is 2. The zero-order valence-electron chi connectivity index (χ0n) is 13.5. The number of H-pyrrole nitrogens is 1. The lowest BCUT2D eigenvalue weighted by Crippen LogP contribution is -2.44. The number of hydroxylamine groups is 2. The van der Waals surface area contributed by atoms with Gasteiger partial charge in [-0.1, -0.05) is 18.2 Å². The van der Waals surface area contributed by atoms with Crippen molar-refractivity contribution in [2.45, 2.75) is 24.7 Å². The van der Waals surface area contributed by atoms with Crippen LogP contribution in [0.15, 0.2) is 30.5 Å². The molecule has 1 aromatic carbocycles. The van der Waals surface area contributed by atoms with Crippen LogP contribution >= 0.6 is 0 Å². The molecule has 0 bridgehead atoms. The van der Waals surface area contributed by atoms with E-state index >= 15 is 0 Å². The van der Waals surface area contributed by atoms with Crippen molar-refractivity contribution in [1.29, 1.82) is 0 Å². The predicted molar refractivity (Wildman–Crippen MR) is 83.6 cm³/mol. The second-order valence-corrected chi connectivity index (χ2v) is 5.89. The number of halogens is 3. The number of alkyl halides is 3. The van der Waals surface area contributed by atoms with Crippen molar-refractivity contribution in [3.63, 3.8) is 0 Å². The molecule has 2 heterocycles. The van der Waals surface area contributed by atoms with Crippen molar-refractivity contribution in [1.82, 2.24) is 10.0 Å². The molecule has 3 rings (SSSR count). The average Bonchev–Trinajstić information content (AvgIpc) is 3.21. The summed E-state index contributed by atoms with van der Waals surface area (Å²) in [6.45, 7) is -0.643. The molecule has 3 N–H and O–H groups in total. The van der Waals surface area contributed by atoms with Crippen molar-refractivity contribution >= 4 is 22.8 Å². The van der Waals surface area contributed by atoms with Crippen molar-refractivity contribution < 1.29 is 32.3 Å². The standard InChI is InChI=1S/C16H16F3N3O4/c17-16(18,19)15(24)26-10-7-22(25-8-10)14(23)12(20)5-9-6-21-13-4-2-1-3-11(9)13/h1-4,6,10,12,21H,5,7-8,20H2/t10?,12-/m0/s1. The molecule has 0 spiro atoms. The summed E-state index contributed by atoms with van der Waals surface area (Å²) in [6, 6.07) is 6.54. The van der Waals surface area contributed by atoms with Gasteiger partial charge in [-0.2, -0.15) is 13.2 Å². The first-order valence-electron chi connectivity index (χ1n) is 7.78. The highest BCUT2D eigenvalue weighted by molar-refractivity contribution is 5.86. The molecule has 140 valence electrons. The minimum Gasteiger partial charge on any atom is -0.451 e. The highest BCUT2D eigenvalue weighted by Crippen LogP contribution is 2.21. The summed E-state index contributed by atoms with van der Waals surface area (Å²) in [7, 11) is 0. The van der Waals surface area contributed by atoms with E-state index in [1.165, 1.54) is 0 Å². The number of rotatable bonds is 4. The molecular weight excluding hydrogens is 355 g/mol. The van der Waals surface area contributed by atoms with Crippen LogP contribution in [-0.2, 0) is 25.6 Å². The number of esters is 1. The van der Waals surface area contributed by atoms with Gasteiger partial charge in [-0.05, 0) is 18.1 Å². The van der Waals surface area contributed by atoms with Crippen LogP contribution in [0.1, 0.15) is 5.56 Å². The third-order valence-electron chi connectivity index (χ3n) is 3.97. The minimum atomic E-state index is -5.09. The van der Waals surface area contributed by atoms with Crippen molar-refractivity contribution in [2.24, 2.45) is 5.73 Å². The van der Waals surface area contributed by atoms with E-state index in [1.807, 2.05) is 24.3 Å². The maximum atomic E-state index is 12.3. The van der Waals surface area contributed by atoms with Gasteiger partial charge in [-0.25, -0.2) is 9.86 Å². The number of aromatic nitrogens is 1. The number of nitrogens with zero attached hydrogens (tertiary/aromatic N) is 1. The van der Waals surface area contributed by atoms with Crippen LogP contribution in [0.2, 0.25) is 0 Å². The fourth-order valence-electron chi connectivity index (χ4n) is 2.72. The Morgan fingerprint density at radius 2 is 2.12 bits per heavy atom. The molecule has 1 aliphatic heterocycles. The number of nitrogens with one attached hydrogen (secondary N) is 1. The molecule has 10 heteroatoms. The van der Waals surface area contributed by atoms with Gasteiger partial charge in [0.1, 0.15) is 12.7 Å². The van der Waals surface area contributed by atoms with E-state index < -0.39 is 30.2 Å². The Morgan fingerprint density at radius 3 is 2.85 bits per heavy atom. The van der Waals surface area contributed by atoms with Gasteiger partial charge in [-0.15, -0.1) is 0 Å². The number of carbonyl (C=O) groups is 2. The van der Waals surface area contributed by atoms with Crippen LogP contribution in [0.3, 0.4) is 0 Å². The van der Waals surface area contributed by atoms with Gasteiger partial charge < -0.3 is 15.5 Å². The number of aromatic amines is 1. The number of carbonyl (C=O) groups excluding carboxylic acids is 2. The van der Waals surface area contributed by atoms with Gasteiger partial charge >= 0.3 is 12.1 Å². The maximum absolute atomic E-state index is 12.3. The summed E-state index contributed by atoms with van der Waals surface area (Å²) in [5.41, 5.74) is 7.66. The normalized spacial score (nSPS) is 18.9. The fourth-order valence-corrected chi connectivity index (χ4v) is 2.72. The Kier molecular flexibility index (Phi) is 4.88. The highest BCUT2D eigenvalue weighted by Gasteiger charge is 2.44. The van der Waals surface area contributed by atoms with Gasteiger partial charge in [0.05, 0.1) is 12.6 Å².